The summed E-state index contributed by atoms with van der Waals surface area (Å²) < 4.78 is 15.0. The molecule has 1 aromatic heterocycles. The SMILES string of the molecule is CC1CCCN1CCOc1ccc(-n2ccn(-c3ccc(Oc4ccccc4)cc3)c2=O)cc1. The van der Waals surface area contributed by atoms with Crippen LogP contribution in [0.4, 0.5) is 0 Å². The Morgan fingerprint density at radius 1 is 0.794 bits per heavy atom. The molecule has 0 N–H and O–H groups in total. The summed E-state index contributed by atoms with van der Waals surface area (Å²) in [5.41, 5.74) is 1.45. The molecule has 0 aliphatic carbocycles. The fourth-order valence-corrected chi connectivity index (χ4v) is 4.38. The van der Waals surface area contributed by atoms with Gasteiger partial charge in [-0.05, 0) is 87.0 Å². The molecule has 1 unspecified atom stereocenters. The van der Waals surface area contributed by atoms with Gasteiger partial charge in [0.1, 0.15) is 23.9 Å². The molecule has 0 bridgehead atoms. The average Bonchev–Trinajstić information content (AvgIpc) is 3.46. The van der Waals surface area contributed by atoms with Gasteiger partial charge < -0.3 is 9.47 Å². The van der Waals surface area contributed by atoms with E-state index in [0.717, 1.165) is 41.7 Å². The summed E-state index contributed by atoms with van der Waals surface area (Å²) in [5, 5.41) is 0. The Kier molecular flexibility index (Phi) is 6.49. The monoisotopic (exact) mass is 455 g/mol. The molecule has 1 aliphatic heterocycles. The summed E-state index contributed by atoms with van der Waals surface area (Å²) in [5.74, 6) is 2.31. The number of hydrogen-bond donors (Lipinski definition) is 0. The number of para-hydroxylation sites is 1. The van der Waals surface area contributed by atoms with Gasteiger partial charge in [0.05, 0.1) is 11.4 Å². The Balaban J connectivity index is 1.23. The molecule has 0 spiro atoms. The van der Waals surface area contributed by atoms with Crippen LogP contribution in [0.2, 0.25) is 0 Å². The number of likely N-dealkylation sites (tertiary alicyclic amines) is 1. The van der Waals surface area contributed by atoms with E-state index < -0.39 is 0 Å². The Morgan fingerprint density at radius 2 is 1.38 bits per heavy atom. The molecule has 6 nitrogen and oxygen atoms in total. The standard InChI is InChI=1S/C28H29N3O3/c1-22-6-5-17-29(22)20-21-33-25-13-9-23(10-14-25)30-18-19-31(28(30)32)24-11-15-27(16-12-24)34-26-7-3-2-4-8-26/h2-4,7-16,18-19,22H,5-6,17,20-21H2,1H3. The Bertz CT molecular complexity index is 1260. The molecule has 2 heterocycles. The number of imidazole rings is 1. The number of rotatable bonds is 8. The van der Waals surface area contributed by atoms with E-state index in [1.54, 1.807) is 21.5 Å². The van der Waals surface area contributed by atoms with E-state index in [0.29, 0.717) is 12.6 Å². The highest BCUT2D eigenvalue weighted by atomic mass is 16.5. The highest BCUT2D eigenvalue weighted by Gasteiger charge is 2.19. The number of benzene rings is 3. The lowest BCUT2D eigenvalue weighted by Gasteiger charge is -2.20. The summed E-state index contributed by atoms with van der Waals surface area (Å²) >= 11 is 0. The molecule has 34 heavy (non-hydrogen) atoms. The van der Waals surface area contributed by atoms with Crippen LogP contribution >= 0.6 is 0 Å². The van der Waals surface area contributed by atoms with Crippen molar-refractivity contribution in [1.29, 1.82) is 0 Å². The molecular weight excluding hydrogens is 426 g/mol. The maximum Gasteiger partial charge on any atom is 0.337 e. The van der Waals surface area contributed by atoms with Crippen LogP contribution in [0.25, 0.3) is 11.4 Å². The van der Waals surface area contributed by atoms with E-state index in [-0.39, 0.29) is 5.69 Å². The smallest absolute Gasteiger partial charge is 0.337 e. The van der Waals surface area contributed by atoms with Gasteiger partial charge in [-0.15, -0.1) is 0 Å². The van der Waals surface area contributed by atoms with Gasteiger partial charge in [0.25, 0.3) is 0 Å². The summed E-state index contributed by atoms with van der Waals surface area (Å²) in [6.45, 7) is 5.05. The van der Waals surface area contributed by atoms with Gasteiger partial charge in [-0.1, -0.05) is 18.2 Å². The van der Waals surface area contributed by atoms with Gasteiger partial charge in [0.2, 0.25) is 0 Å². The lowest BCUT2D eigenvalue weighted by Crippen LogP contribution is -2.31. The van der Waals surface area contributed by atoms with E-state index in [9.17, 15) is 4.79 Å². The van der Waals surface area contributed by atoms with Crippen LogP contribution < -0.4 is 15.2 Å². The second kappa shape index (κ2) is 10.0. The predicted molar refractivity (Wildman–Crippen MR) is 134 cm³/mol. The average molecular weight is 456 g/mol. The van der Waals surface area contributed by atoms with Gasteiger partial charge in [-0.25, -0.2) is 4.79 Å². The molecule has 0 saturated carbocycles. The summed E-state index contributed by atoms with van der Waals surface area (Å²) in [6.07, 6.45) is 6.10. The Morgan fingerprint density at radius 3 is 1.97 bits per heavy atom. The molecule has 1 aliphatic rings. The van der Waals surface area contributed by atoms with Crippen molar-refractivity contribution in [3.05, 3.63) is 102 Å². The lowest BCUT2D eigenvalue weighted by molar-refractivity contribution is 0.204. The first-order valence-electron chi connectivity index (χ1n) is 11.8. The second-order valence-electron chi connectivity index (χ2n) is 8.60. The minimum atomic E-state index is -0.131. The van der Waals surface area contributed by atoms with Gasteiger partial charge >= 0.3 is 5.69 Å². The van der Waals surface area contributed by atoms with Gasteiger partial charge in [0.15, 0.2) is 0 Å². The first-order valence-corrected chi connectivity index (χ1v) is 11.8. The van der Waals surface area contributed by atoms with Gasteiger partial charge in [-0.2, -0.15) is 0 Å². The molecule has 4 aromatic rings. The summed E-state index contributed by atoms with van der Waals surface area (Å²) in [7, 11) is 0. The lowest BCUT2D eigenvalue weighted by atomic mass is 10.2. The Labute approximate surface area is 199 Å². The third-order valence-electron chi connectivity index (χ3n) is 6.32. The van der Waals surface area contributed by atoms with Crippen LogP contribution in [0.15, 0.2) is 96.1 Å². The molecule has 0 amide bonds. The molecule has 1 fully saturated rings. The van der Waals surface area contributed by atoms with E-state index in [4.69, 9.17) is 9.47 Å². The van der Waals surface area contributed by atoms with E-state index in [2.05, 4.69) is 11.8 Å². The van der Waals surface area contributed by atoms with E-state index in [1.807, 2.05) is 78.9 Å². The fraction of sp³-hybridized carbons (Fsp3) is 0.250. The number of ether oxygens (including phenoxy) is 2. The largest absolute Gasteiger partial charge is 0.492 e. The van der Waals surface area contributed by atoms with E-state index >= 15 is 0 Å². The van der Waals surface area contributed by atoms with Crippen molar-refractivity contribution in [2.24, 2.45) is 0 Å². The zero-order chi connectivity index (χ0) is 23.3. The van der Waals surface area contributed by atoms with Crippen molar-refractivity contribution in [3.63, 3.8) is 0 Å². The second-order valence-corrected chi connectivity index (χ2v) is 8.60. The molecule has 174 valence electrons. The number of hydrogen-bond acceptors (Lipinski definition) is 4. The van der Waals surface area contributed by atoms with Crippen LogP contribution in [0.1, 0.15) is 19.8 Å². The van der Waals surface area contributed by atoms with Crippen LogP contribution in [-0.2, 0) is 0 Å². The minimum Gasteiger partial charge on any atom is -0.492 e. The van der Waals surface area contributed by atoms with Gasteiger partial charge in [-0.3, -0.25) is 14.0 Å². The van der Waals surface area contributed by atoms with Crippen LogP contribution in [0.3, 0.4) is 0 Å². The van der Waals surface area contributed by atoms with Crippen LogP contribution in [-0.4, -0.2) is 39.8 Å². The first-order chi connectivity index (χ1) is 16.7. The molecular formula is C28H29N3O3. The molecule has 1 atom stereocenters. The fourth-order valence-electron chi connectivity index (χ4n) is 4.38. The zero-order valence-electron chi connectivity index (χ0n) is 19.3. The molecule has 0 radical (unpaired) electrons. The van der Waals surface area contributed by atoms with Crippen LogP contribution in [0, 0.1) is 0 Å². The van der Waals surface area contributed by atoms with E-state index in [1.165, 1.54) is 12.8 Å². The summed E-state index contributed by atoms with van der Waals surface area (Å²) in [4.78, 5) is 15.5. The highest BCUT2D eigenvalue weighted by Crippen LogP contribution is 2.22. The van der Waals surface area contributed by atoms with Crippen molar-refractivity contribution in [2.75, 3.05) is 19.7 Å². The van der Waals surface area contributed by atoms with Crippen molar-refractivity contribution in [2.45, 2.75) is 25.8 Å². The van der Waals surface area contributed by atoms with Crippen molar-refractivity contribution in [3.8, 4) is 28.6 Å². The topological polar surface area (TPSA) is 48.6 Å². The van der Waals surface area contributed by atoms with Gasteiger partial charge in [0, 0.05) is 25.0 Å². The predicted octanol–water partition coefficient (Wildman–Crippen LogP) is 5.28. The Hall–Kier alpha value is -3.77. The maximum atomic E-state index is 13.0. The number of nitrogens with zero attached hydrogens (tertiary/aromatic N) is 3. The third-order valence-corrected chi connectivity index (χ3v) is 6.32. The first kappa shape index (κ1) is 22.0. The minimum absolute atomic E-state index is 0.131. The zero-order valence-corrected chi connectivity index (χ0v) is 19.3. The van der Waals surface area contributed by atoms with Crippen LogP contribution in [0.5, 0.6) is 17.2 Å². The molecule has 1 saturated heterocycles. The summed E-state index contributed by atoms with van der Waals surface area (Å²) in [6, 6.07) is 25.4. The quantitative estimate of drug-likeness (QED) is 0.363. The normalized spacial score (nSPS) is 16.0. The maximum absolute atomic E-state index is 13.0. The molecule has 3 aromatic carbocycles. The van der Waals surface area contributed by atoms with Crippen molar-refractivity contribution < 1.29 is 9.47 Å². The van der Waals surface area contributed by atoms with Crippen molar-refractivity contribution in [1.82, 2.24) is 14.0 Å². The number of aromatic nitrogens is 2. The third kappa shape index (κ3) is 4.92. The molecule has 6 heteroatoms. The van der Waals surface area contributed by atoms with Crippen molar-refractivity contribution >= 4 is 0 Å². The highest BCUT2D eigenvalue weighted by molar-refractivity contribution is 5.41. The molecule has 5 rings (SSSR count).